The minimum absolute atomic E-state index is 0.140. The highest BCUT2D eigenvalue weighted by atomic mass is 16.1. The highest BCUT2D eigenvalue weighted by molar-refractivity contribution is 5.87. The minimum atomic E-state index is -0.140. The van der Waals surface area contributed by atoms with Crippen molar-refractivity contribution in [3.63, 3.8) is 0 Å². The van der Waals surface area contributed by atoms with Gasteiger partial charge in [0.1, 0.15) is 6.07 Å². The monoisotopic (exact) mass is 198 g/mol. The molecule has 74 valence electrons. The summed E-state index contributed by atoms with van der Waals surface area (Å²) in [6, 6.07) is 7.69. The summed E-state index contributed by atoms with van der Waals surface area (Å²) in [4.78, 5) is 14.1. The van der Waals surface area contributed by atoms with Gasteiger partial charge in [-0.25, -0.2) is 0 Å². The molecule has 0 aliphatic heterocycles. The third kappa shape index (κ3) is 1.50. The molecule has 0 unspecified atom stereocenters. The first-order valence-corrected chi connectivity index (χ1v) is 4.80. The first-order chi connectivity index (χ1) is 7.26. The summed E-state index contributed by atoms with van der Waals surface area (Å²) in [6.45, 7) is 2.03. The molecule has 0 atom stereocenters. The van der Waals surface area contributed by atoms with Gasteiger partial charge in [-0.1, -0.05) is 19.1 Å². The molecule has 1 aromatic carbocycles. The van der Waals surface area contributed by atoms with Crippen molar-refractivity contribution in [3.8, 4) is 6.07 Å². The van der Waals surface area contributed by atoms with Gasteiger partial charge in [0.15, 0.2) is 0 Å². The molecule has 0 bridgehead atoms. The number of rotatable bonds is 1. The largest absolute Gasteiger partial charge is 0.327 e. The first kappa shape index (κ1) is 9.47. The molecule has 1 heterocycles. The van der Waals surface area contributed by atoms with Gasteiger partial charge < -0.3 is 4.98 Å². The highest BCUT2D eigenvalue weighted by Gasteiger charge is 2.04. The van der Waals surface area contributed by atoms with E-state index in [1.807, 2.05) is 25.1 Å². The summed E-state index contributed by atoms with van der Waals surface area (Å²) < 4.78 is 0. The lowest BCUT2D eigenvalue weighted by Gasteiger charge is -2.01. The van der Waals surface area contributed by atoms with E-state index in [2.05, 4.69) is 11.1 Å². The van der Waals surface area contributed by atoms with E-state index < -0.39 is 0 Å². The third-order valence-electron chi connectivity index (χ3n) is 2.50. The van der Waals surface area contributed by atoms with Crippen LogP contribution in [0.1, 0.15) is 18.1 Å². The number of aromatic amines is 1. The number of nitrogens with one attached hydrogen (secondary N) is 1. The fourth-order valence-corrected chi connectivity index (χ4v) is 1.62. The number of hydrogen-bond donors (Lipinski definition) is 1. The van der Waals surface area contributed by atoms with E-state index >= 15 is 0 Å². The average Bonchev–Trinajstić information content (AvgIpc) is 2.29. The number of nitrogens with zero attached hydrogens (tertiary/aromatic N) is 1. The molecule has 3 heteroatoms. The standard InChI is InChI=1S/C12H10N2O/c1-2-8-3-4-10-9(6-13)7-14-12(15)11(10)5-8/h3-5,7H,2H2,1H3,(H,14,15). The number of H-pyrrole nitrogens is 1. The van der Waals surface area contributed by atoms with Gasteiger partial charge in [0, 0.05) is 17.0 Å². The van der Waals surface area contributed by atoms with E-state index in [0.717, 1.165) is 17.4 Å². The van der Waals surface area contributed by atoms with Crippen LogP contribution in [0.25, 0.3) is 10.8 Å². The molecular weight excluding hydrogens is 188 g/mol. The maximum atomic E-state index is 11.6. The number of aryl methyl sites for hydroxylation is 1. The lowest BCUT2D eigenvalue weighted by atomic mass is 10.0. The quantitative estimate of drug-likeness (QED) is 0.761. The van der Waals surface area contributed by atoms with Crippen molar-refractivity contribution >= 4 is 10.8 Å². The van der Waals surface area contributed by atoms with Gasteiger partial charge in [-0.3, -0.25) is 4.79 Å². The molecule has 0 radical (unpaired) electrons. The Hall–Kier alpha value is -2.08. The molecule has 1 aromatic heterocycles. The van der Waals surface area contributed by atoms with E-state index in [1.165, 1.54) is 6.20 Å². The number of pyridine rings is 1. The normalized spacial score (nSPS) is 10.1. The lowest BCUT2D eigenvalue weighted by molar-refractivity contribution is 1.14. The number of benzene rings is 1. The number of nitriles is 1. The van der Waals surface area contributed by atoms with Crippen LogP contribution >= 0.6 is 0 Å². The Balaban J connectivity index is 2.89. The Labute approximate surface area is 87.0 Å². The second-order valence-electron chi connectivity index (χ2n) is 3.38. The molecule has 15 heavy (non-hydrogen) atoms. The summed E-state index contributed by atoms with van der Waals surface area (Å²) in [6.07, 6.45) is 2.34. The second kappa shape index (κ2) is 3.58. The molecule has 2 aromatic rings. The maximum absolute atomic E-state index is 11.6. The van der Waals surface area contributed by atoms with Gasteiger partial charge in [0.2, 0.25) is 0 Å². The molecule has 3 nitrogen and oxygen atoms in total. The van der Waals surface area contributed by atoms with Gasteiger partial charge in [0.05, 0.1) is 5.56 Å². The van der Waals surface area contributed by atoms with Crippen LogP contribution in [-0.2, 0) is 6.42 Å². The van der Waals surface area contributed by atoms with Crippen LogP contribution in [0.3, 0.4) is 0 Å². The third-order valence-corrected chi connectivity index (χ3v) is 2.50. The average molecular weight is 198 g/mol. The van der Waals surface area contributed by atoms with Crippen LogP contribution in [0.2, 0.25) is 0 Å². The summed E-state index contributed by atoms with van der Waals surface area (Å²) in [7, 11) is 0. The zero-order chi connectivity index (χ0) is 10.8. The zero-order valence-corrected chi connectivity index (χ0v) is 8.37. The summed E-state index contributed by atoms with van der Waals surface area (Å²) in [5.74, 6) is 0. The number of hydrogen-bond acceptors (Lipinski definition) is 2. The van der Waals surface area contributed by atoms with Crippen molar-refractivity contribution in [2.45, 2.75) is 13.3 Å². The molecule has 2 rings (SSSR count). The fraction of sp³-hybridized carbons (Fsp3) is 0.167. The van der Waals surface area contributed by atoms with Crippen LogP contribution in [0.4, 0.5) is 0 Å². The zero-order valence-electron chi connectivity index (χ0n) is 8.37. The van der Waals surface area contributed by atoms with Gasteiger partial charge in [-0.15, -0.1) is 0 Å². The van der Waals surface area contributed by atoms with Gasteiger partial charge in [-0.2, -0.15) is 5.26 Å². The topological polar surface area (TPSA) is 56.6 Å². The van der Waals surface area contributed by atoms with E-state index in [4.69, 9.17) is 5.26 Å². The molecule has 0 spiro atoms. The van der Waals surface area contributed by atoms with Crippen LogP contribution in [0, 0.1) is 11.3 Å². The summed E-state index contributed by atoms with van der Waals surface area (Å²) >= 11 is 0. The molecule has 0 saturated heterocycles. The van der Waals surface area contributed by atoms with Crippen LogP contribution in [0.5, 0.6) is 0 Å². The van der Waals surface area contributed by atoms with Crippen molar-refractivity contribution < 1.29 is 0 Å². The van der Waals surface area contributed by atoms with E-state index in [-0.39, 0.29) is 5.56 Å². The number of fused-ring (bicyclic) bond motifs is 1. The van der Waals surface area contributed by atoms with E-state index in [1.54, 1.807) is 0 Å². The van der Waals surface area contributed by atoms with Crippen LogP contribution in [0.15, 0.2) is 29.2 Å². The van der Waals surface area contributed by atoms with Crippen molar-refractivity contribution in [3.05, 3.63) is 45.9 Å². The smallest absolute Gasteiger partial charge is 0.255 e. The molecule has 0 amide bonds. The molecule has 1 N–H and O–H groups in total. The summed E-state index contributed by atoms with van der Waals surface area (Å²) in [5, 5.41) is 10.2. The van der Waals surface area contributed by atoms with E-state index in [9.17, 15) is 4.79 Å². The predicted molar refractivity (Wildman–Crippen MR) is 58.7 cm³/mol. The van der Waals surface area contributed by atoms with Crippen molar-refractivity contribution in [2.24, 2.45) is 0 Å². The Morgan fingerprint density at radius 1 is 1.40 bits per heavy atom. The molecule has 0 aliphatic carbocycles. The SMILES string of the molecule is CCc1ccc2c(C#N)c[nH]c(=O)c2c1. The first-order valence-electron chi connectivity index (χ1n) is 4.80. The van der Waals surface area contributed by atoms with Crippen LogP contribution < -0.4 is 5.56 Å². The van der Waals surface area contributed by atoms with Gasteiger partial charge in [0.25, 0.3) is 5.56 Å². The minimum Gasteiger partial charge on any atom is -0.327 e. The van der Waals surface area contributed by atoms with Crippen molar-refractivity contribution in [1.82, 2.24) is 4.98 Å². The Morgan fingerprint density at radius 3 is 2.87 bits per heavy atom. The van der Waals surface area contributed by atoms with Crippen molar-refractivity contribution in [2.75, 3.05) is 0 Å². The van der Waals surface area contributed by atoms with Gasteiger partial charge >= 0.3 is 0 Å². The highest BCUT2D eigenvalue weighted by Crippen LogP contribution is 2.15. The fourth-order valence-electron chi connectivity index (χ4n) is 1.62. The Bertz CT molecular complexity index is 605. The lowest BCUT2D eigenvalue weighted by Crippen LogP contribution is -2.06. The maximum Gasteiger partial charge on any atom is 0.255 e. The van der Waals surface area contributed by atoms with Gasteiger partial charge in [-0.05, 0) is 18.1 Å². The molecule has 0 aliphatic rings. The molecule has 0 fully saturated rings. The molecular formula is C12H10N2O. The Morgan fingerprint density at radius 2 is 2.20 bits per heavy atom. The van der Waals surface area contributed by atoms with Crippen LogP contribution in [-0.4, -0.2) is 4.98 Å². The summed E-state index contributed by atoms with van der Waals surface area (Å²) in [5.41, 5.74) is 1.47. The second-order valence-corrected chi connectivity index (χ2v) is 3.38. The van der Waals surface area contributed by atoms with Crippen molar-refractivity contribution in [1.29, 1.82) is 5.26 Å². The molecule has 0 saturated carbocycles. The predicted octanol–water partition coefficient (Wildman–Crippen LogP) is 1.96. The van der Waals surface area contributed by atoms with E-state index in [0.29, 0.717) is 10.9 Å². The Kier molecular flexibility index (Phi) is 2.26. The number of aromatic nitrogens is 1.